The van der Waals surface area contributed by atoms with Crippen LogP contribution in [0.5, 0.6) is 0 Å². The number of carbonyl (C=O) groups excluding carboxylic acids is 2. The van der Waals surface area contributed by atoms with Gasteiger partial charge in [0.25, 0.3) is 0 Å². The zero-order valence-electron chi connectivity index (χ0n) is 19.3. The lowest BCUT2D eigenvalue weighted by Gasteiger charge is -2.53. The second-order valence-corrected chi connectivity index (χ2v) is 8.32. The highest BCUT2D eigenvalue weighted by Crippen LogP contribution is 2.47. The quantitative estimate of drug-likeness (QED) is 0.0966. The van der Waals surface area contributed by atoms with E-state index in [4.69, 9.17) is 23.7 Å². The maximum atomic E-state index is 12.5. The molecule has 2 aliphatic rings. The highest BCUT2D eigenvalue weighted by molar-refractivity contribution is 5.71. The highest BCUT2D eigenvalue weighted by atomic mass is 17.0. The first-order chi connectivity index (χ1) is 16.4. The molecule has 2 aliphatic heterocycles. The summed E-state index contributed by atoms with van der Waals surface area (Å²) >= 11 is 0. The lowest BCUT2D eigenvalue weighted by atomic mass is 9.93. The van der Waals surface area contributed by atoms with Crippen molar-refractivity contribution in [3.05, 3.63) is 0 Å². The van der Waals surface area contributed by atoms with Crippen molar-refractivity contribution < 1.29 is 74.1 Å². The lowest BCUT2D eigenvalue weighted by Crippen LogP contribution is -2.78. The molecular weight excluding hydrogens is 480 g/mol. The van der Waals surface area contributed by atoms with E-state index in [9.17, 15) is 50.4 Å². The minimum absolute atomic E-state index is 0.202. The third-order valence-electron chi connectivity index (χ3n) is 5.67. The van der Waals surface area contributed by atoms with Crippen LogP contribution in [0.15, 0.2) is 0 Å². The number of aliphatic hydroxyl groups is 8. The van der Waals surface area contributed by atoms with E-state index in [1.54, 1.807) is 13.8 Å². The van der Waals surface area contributed by atoms with Gasteiger partial charge >= 0.3 is 23.7 Å². The molecule has 0 radical (unpaired) electrons. The standard InChI is InChI=1S/C20H34O15/c1-3-5-12(24)33-19(30)17(29)15(27)11(8-22)32-20(19,34-13(25)6-4-2)35-18(9-23)16(28)14(26)10(7-21)31-18/h10-11,14-17,21-23,26-30H,3-9H2,1-2H3/t10-,11-,14-,15-,16+,17+,18?,19+,20+/m1/s1. The Kier molecular flexibility index (Phi) is 9.94. The molecule has 0 spiro atoms. The number of hydrogen-bond acceptors (Lipinski definition) is 15. The molecule has 1 unspecified atom stereocenters. The Bertz CT molecular complexity index is 735. The molecule has 2 heterocycles. The molecule has 0 amide bonds. The predicted molar refractivity (Wildman–Crippen MR) is 109 cm³/mol. The summed E-state index contributed by atoms with van der Waals surface area (Å²) in [7, 11) is 0. The summed E-state index contributed by atoms with van der Waals surface area (Å²) in [5, 5.41) is 82.4. The SMILES string of the molecule is CCCC(=O)O[C@@]1(OC2(CO)O[C@H](CO)[C@@H](O)[C@@H]2O)O[C@H](CO)[C@@H](O)[C@H](O)[C@]1(O)OC(=O)CCC. The lowest BCUT2D eigenvalue weighted by molar-refractivity contribution is -0.554. The van der Waals surface area contributed by atoms with Crippen LogP contribution in [0, 0.1) is 0 Å². The molecule has 0 aromatic carbocycles. The number of ether oxygens (including phenoxy) is 5. The van der Waals surface area contributed by atoms with Gasteiger partial charge in [-0.1, -0.05) is 13.8 Å². The van der Waals surface area contributed by atoms with Crippen molar-refractivity contribution in [1.82, 2.24) is 0 Å². The zero-order valence-corrected chi connectivity index (χ0v) is 19.3. The molecule has 35 heavy (non-hydrogen) atoms. The van der Waals surface area contributed by atoms with Gasteiger partial charge in [0.1, 0.15) is 37.1 Å². The van der Waals surface area contributed by atoms with Crippen molar-refractivity contribution >= 4 is 11.9 Å². The Balaban J connectivity index is 2.70. The zero-order chi connectivity index (χ0) is 26.6. The molecule has 0 saturated carbocycles. The minimum Gasteiger partial charge on any atom is -0.420 e. The monoisotopic (exact) mass is 514 g/mol. The summed E-state index contributed by atoms with van der Waals surface area (Å²) in [6, 6.07) is 0. The number of esters is 2. The fourth-order valence-electron chi connectivity index (χ4n) is 3.77. The smallest absolute Gasteiger partial charge is 0.405 e. The Morgan fingerprint density at radius 3 is 1.74 bits per heavy atom. The minimum atomic E-state index is -3.54. The predicted octanol–water partition coefficient (Wildman–Crippen LogP) is -4.05. The van der Waals surface area contributed by atoms with Crippen molar-refractivity contribution in [3.63, 3.8) is 0 Å². The van der Waals surface area contributed by atoms with Gasteiger partial charge in [-0.05, 0) is 12.8 Å². The van der Waals surface area contributed by atoms with Crippen molar-refractivity contribution in [1.29, 1.82) is 0 Å². The first-order valence-corrected chi connectivity index (χ1v) is 11.2. The van der Waals surface area contributed by atoms with Gasteiger partial charge in [0.2, 0.25) is 5.79 Å². The summed E-state index contributed by atoms with van der Waals surface area (Å²) in [6.45, 7) is -0.0467. The molecule has 15 heteroatoms. The number of carbonyl (C=O) groups is 2. The summed E-state index contributed by atoms with van der Waals surface area (Å²) in [5.41, 5.74) is 0. The van der Waals surface area contributed by atoms with Gasteiger partial charge in [0, 0.05) is 12.8 Å². The van der Waals surface area contributed by atoms with Gasteiger partial charge in [0.15, 0.2) is 6.10 Å². The fourth-order valence-corrected chi connectivity index (χ4v) is 3.77. The van der Waals surface area contributed by atoms with Crippen molar-refractivity contribution in [2.75, 3.05) is 19.8 Å². The van der Waals surface area contributed by atoms with E-state index in [-0.39, 0.29) is 25.7 Å². The van der Waals surface area contributed by atoms with Crippen LogP contribution in [-0.4, -0.2) is 127 Å². The van der Waals surface area contributed by atoms with E-state index in [1.807, 2.05) is 0 Å². The molecule has 9 atom stereocenters. The van der Waals surface area contributed by atoms with Crippen LogP contribution in [0.3, 0.4) is 0 Å². The average molecular weight is 514 g/mol. The van der Waals surface area contributed by atoms with E-state index in [0.717, 1.165) is 0 Å². The largest absolute Gasteiger partial charge is 0.420 e. The Morgan fingerprint density at radius 1 is 0.800 bits per heavy atom. The van der Waals surface area contributed by atoms with Crippen molar-refractivity contribution in [2.45, 2.75) is 93.7 Å². The summed E-state index contributed by atoms with van der Waals surface area (Å²) in [4.78, 5) is 24.9. The Morgan fingerprint density at radius 2 is 1.29 bits per heavy atom. The fraction of sp³-hybridized carbons (Fsp3) is 0.900. The van der Waals surface area contributed by atoms with Crippen LogP contribution in [0.4, 0.5) is 0 Å². The molecule has 2 rings (SSSR count). The average Bonchev–Trinajstić information content (AvgIpc) is 3.05. The van der Waals surface area contributed by atoms with E-state index in [0.29, 0.717) is 0 Å². The van der Waals surface area contributed by atoms with Crippen LogP contribution in [0.2, 0.25) is 0 Å². The summed E-state index contributed by atoms with van der Waals surface area (Å²) in [6.07, 6.45) is -12.3. The van der Waals surface area contributed by atoms with Gasteiger partial charge in [0.05, 0.1) is 13.2 Å². The molecule has 15 nitrogen and oxygen atoms in total. The molecular formula is C20H34O15. The summed E-state index contributed by atoms with van der Waals surface area (Å²) < 4.78 is 26.3. The Labute approximate surface area is 200 Å². The number of rotatable bonds is 11. The molecule has 0 bridgehead atoms. The van der Waals surface area contributed by atoms with E-state index in [1.165, 1.54) is 0 Å². The number of aliphatic hydroxyl groups excluding tert-OH is 7. The van der Waals surface area contributed by atoms with Gasteiger partial charge < -0.3 is 59.8 Å². The van der Waals surface area contributed by atoms with Crippen LogP contribution < -0.4 is 0 Å². The van der Waals surface area contributed by atoms with Gasteiger partial charge in [-0.2, -0.15) is 0 Å². The first kappa shape index (κ1) is 29.7. The van der Waals surface area contributed by atoms with Crippen LogP contribution in [0.25, 0.3) is 0 Å². The van der Waals surface area contributed by atoms with Crippen molar-refractivity contribution in [2.24, 2.45) is 0 Å². The highest BCUT2D eigenvalue weighted by Gasteiger charge is 2.75. The topological polar surface area (TPSA) is 242 Å². The van der Waals surface area contributed by atoms with Crippen LogP contribution in [-0.2, 0) is 33.3 Å². The molecule has 0 aliphatic carbocycles. The molecule has 8 N–H and O–H groups in total. The summed E-state index contributed by atoms with van der Waals surface area (Å²) in [5.74, 6) is -12.1. The molecule has 0 aromatic rings. The second kappa shape index (κ2) is 11.7. The molecule has 204 valence electrons. The first-order valence-electron chi connectivity index (χ1n) is 11.2. The van der Waals surface area contributed by atoms with Crippen LogP contribution in [0.1, 0.15) is 39.5 Å². The van der Waals surface area contributed by atoms with Gasteiger partial charge in [-0.15, -0.1) is 0 Å². The number of hydrogen-bond donors (Lipinski definition) is 8. The normalized spacial score (nSPS) is 41.5. The molecule has 2 fully saturated rings. The third kappa shape index (κ3) is 5.45. The molecule has 0 aromatic heterocycles. The third-order valence-corrected chi connectivity index (χ3v) is 5.67. The molecule has 2 saturated heterocycles. The second-order valence-electron chi connectivity index (χ2n) is 8.32. The van der Waals surface area contributed by atoms with E-state index >= 15 is 0 Å². The Hall–Kier alpha value is -1.50. The van der Waals surface area contributed by atoms with Crippen molar-refractivity contribution in [3.8, 4) is 0 Å². The van der Waals surface area contributed by atoms with Gasteiger partial charge in [-0.25, -0.2) is 0 Å². The van der Waals surface area contributed by atoms with E-state index in [2.05, 4.69) is 0 Å². The van der Waals surface area contributed by atoms with E-state index < -0.39 is 85.9 Å². The van der Waals surface area contributed by atoms with Gasteiger partial charge in [-0.3, -0.25) is 14.3 Å². The maximum absolute atomic E-state index is 12.5. The maximum Gasteiger partial charge on any atom is 0.405 e. The van der Waals surface area contributed by atoms with Crippen LogP contribution >= 0.6 is 0 Å².